The fourth-order valence-corrected chi connectivity index (χ4v) is 0.272. The van der Waals surface area contributed by atoms with Crippen LogP contribution in [0.15, 0.2) is 49.6 Å². The summed E-state index contributed by atoms with van der Waals surface area (Å²) in [4.78, 5) is 0. The van der Waals surface area contributed by atoms with Gasteiger partial charge in [0.05, 0.1) is 0 Å². The largest absolute Gasteiger partial charge is 0.0991 e. The highest BCUT2D eigenvalue weighted by Crippen LogP contribution is 1.65. The van der Waals surface area contributed by atoms with Gasteiger partial charge in [-0.25, -0.2) is 0 Å². The molecule has 0 aliphatic heterocycles. The SMILES string of the molecule is C.C.C=CC=CC.C=CC=CC. The van der Waals surface area contributed by atoms with Crippen LogP contribution in [0.1, 0.15) is 28.7 Å². The molecule has 0 aromatic carbocycles. The molecular weight excluding hydrogens is 144 g/mol. The predicted octanol–water partition coefficient (Wildman–Crippen LogP) is 4.77. The van der Waals surface area contributed by atoms with E-state index in [0.717, 1.165) is 0 Å². The molecule has 0 aliphatic rings. The van der Waals surface area contributed by atoms with Crippen LogP contribution in [0.4, 0.5) is 0 Å². The van der Waals surface area contributed by atoms with Gasteiger partial charge in [0.1, 0.15) is 0 Å². The molecule has 0 spiro atoms. The Labute approximate surface area is 79.0 Å². The molecule has 12 heavy (non-hydrogen) atoms. The normalized spacial score (nSPS) is 7.50. The van der Waals surface area contributed by atoms with E-state index >= 15 is 0 Å². The zero-order valence-electron chi connectivity index (χ0n) is 6.88. The van der Waals surface area contributed by atoms with Crippen molar-refractivity contribution in [3.8, 4) is 0 Å². The van der Waals surface area contributed by atoms with E-state index in [9.17, 15) is 0 Å². The van der Waals surface area contributed by atoms with E-state index in [4.69, 9.17) is 0 Å². The van der Waals surface area contributed by atoms with E-state index in [1.807, 2.05) is 38.2 Å². The summed E-state index contributed by atoms with van der Waals surface area (Å²) < 4.78 is 0. The molecule has 0 nitrogen and oxygen atoms in total. The third-order valence-corrected chi connectivity index (χ3v) is 0.657. The molecular formula is C12H24. The Morgan fingerprint density at radius 3 is 1.00 bits per heavy atom. The van der Waals surface area contributed by atoms with Crippen LogP contribution in [-0.2, 0) is 0 Å². The van der Waals surface area contributed by atoms with Crippen molar-refractivity contribution in [2.45, 2.75) is 28.7 Å². The Morgan fingerprint density at radius 2 is 1.00 bits per heavy atom. The summed E-state index contributed by atoms with van der Waals surface area (Å²) in [5.41, 5.74) is 0. The third kappa shape index (κ3) is 64.8. The van der Waals surface area contributed by atoms with Crippen LogP contribution in [-0.4, -0.2) is 0 Å². The summed E-state index contributed by atoms with van der Waals surface area (Å²) >= 11 is 0. The van der Waals surface area contributed by atoms with E-state index in [1.165, 1.54) is 0 Å². The minimum Gasteiger partial charge on any atom is -0.0991 e. The standard InChI is InChI=1S/2C5H8.2CH4/c2*1-3-5-4-2;;/h2*3-5H,1H2,2H3;2*1H4. The molecule has 0 atom stereocenters. The second kappa shape index (κ2) is 32.5. The molecule has 0 aromatic heterocycles. The van der Waals surface area contributed by atoms with E-state index < -0.39 is 0 Å². The van der Waals surface area contributed by atoms with Gasteiger partial charge in [-0.05, 0) is 13.8 Å². The lowest BCUT2D eigenvalue weighted by Gasteiger charge is -1.56. The minimum absolute atomic E-state index is 0. The number of rotatable bonds is 2. The Bertz CT molecular complexity index is 100. The van der Waals surface area contributed by atoms with Crippen molar-refractivity contribution >= 4 is 0 Å². The summed E-state index contributed by atoms with van der Waals surface area (Å²) in [5, 5.41) is 0. The summed E-state index contributed by atoms with van der Waals surface area (Å²) in [7, 11) is 0. The van der Waals surface area contributed by atoms with Crippen molar-refractivity contribution in [3.05, 3.63) is 49.6 Å². The first-order chi connectivity index (χ1) is 4.83. The highest BCUT2D eigenvalue weighted by Gasteiger charge is 1.42. The average Bonchev–Trinajstić information content (AvgIpc) is 1.93. The fourth-order valence-electron chi connectivity index (χ4n) is 0.272. The first kappa shape index (κ1) is 22.4. The molecule has 0 heteroatoms. The molecule has 0 radical (unpaired) electrons. The topological polar surface area (TPSA) is 0 Å². The van der Waals surface area contributed by atoms with Gasteiger partial charge in [-0.1, -0.05) is 64.5 Å². The molecule has 0 rings (SSSR count). The van der Waals surface area contributed by atoms with Gasteiger partial charge in [0.15, 0.2) is 0 Å². The van der Waals surface area contributed by atoms with Crippen LogP contribution >= 0.6 is 0 Å². The maximum atomic E-state index is 3.46. The zero-order valence-corrected chi connectivity index (χ0v) is 6.88. The highest BCUT2D eigenvalue weighted by molar-refractivity contribution is 4.94. The number of hydrogen-bond acceptors (Lipinski definition) is 0. The van der Waals surface area contributed by atoms with Crippen LogP contribution < -0.4 is 0 Å². The van der Waals surface area contributed by atoms with Gasteiger partial charge in [-0.3, -0.25) is 0 Å². The molecule has 0 amide bonds. The average molecular weight is 168 g/mol. The number of allylic oxidation sites excluding steroid dienone is 6. The Hall–Kier alpha value is -1.04. The van der Waals surface area contributed by atoms with Gasteiger partial charge in [0.2, 0.25) is 0 Å². The van der Waals surface area contributed by atoms with Crippen molar-refractivity contribution in [1.29, 1.82) is 0 Å². The molecule has 0 N–H and O–H groups in total. The van der Waals surface area contributed by atoms with Gasteiger partial charge in [0.25, 0.3) is 0 Å². The lowest BCUT2D eigenvalue weighted by atomic mass is 10.5. The second-order valence-corrected chi connectivity index (χ2v) is 1.52. The van der Waals surface area contributed by atoms with E-state index in [0.29, 0.717) is 0 Å². The summed E-state index contributed by atoms with van der Waals surface area (Å²) in [6.45, 7) is 10.8. The smallest absolute Gasteiger partial charge is 0.0467 e. The quantitative estimate of drug-likeness (QED) is 0.521. The Balaban J connectivity index is -0.0000000457. The maximum absolute atomic E-state index is 3.46. The lowest BCUT2D eigenvalue weighted by molar-refractivity contribution is 1.74. The van der Waals surface area contributed by atoms with Gasteiger partial charge in [-0.15, -0.1) is 0 Å². The minimum atomic E-state index is 0. The molecule has 0 aliphatic carbocycles. The van der Waals surface area contributed by atoms with Gasteiger partial charge >= 0.3 is 0 Å². The van der Waals surface area contributed by atoms with Crippen molar-refractivity contribution in [2.75, 3.05) is 0 Å². The van der Waals surface area contributed by atoms with E-state index in [-0.39, 0.29) is 14.9 Å². The van der Waals surface area contributed by atoms with Gasteiger partial charge in [-0.2, -0.15) is 0 Å². The molecule has 0 heterocycles. The first-order valence-corrected chi connectivity index (χ1v) is 3.30. The summed E-state index contributed by atoms with van der Waals surface area (Å²) in [5.74, 6) is 0. The van der Waals surface area contributed by atoms with Crippen molar-refractivity contribution in [2.24, 2.45) is 0 Å². The molecule has 0 saturated heterocycles. The van der Waals surface area contributed by atoms with Crippen LogP contribution in [0.5, 0.6) is 0 Å². The molecule has 0 aromatic rings. The van der Waals surface area contributed by atoms with Crippen molar-refractivity contribution in [1.82, 2.24) is 0 Å². The predicted molar refractivity (Wildman–Crippen MR) is 63.5 cm³/mol. The molecule has 0 fully saturated rings. The number of hydrogen-bond donors (Lipinski definition) is 0. The van der Waals surface area contributed by atoms with E-state index in [2.05, 4.69) is 13.2 Å². The van der Waals surface area contributed by atoms with Gasteiger partial charge < -0.3 is 0 Å². The zero-order chi connectivity index (χ0) is 8.24. The Morgan fingerprint density at radius 1 is 0.750 bits per heavy atom. The molecule has 0 unspecified atom stereocenters. The van der Waals surface area contributed by atoms with E-state index in [1.54, 1.807) is 12.2 Å². The first-order valence-electron chi connectivity index (χ1n) is 3.30. The molecule has 72 valence electrons. The van der Waals surface area contributed by atoms with Crippen molar-refractivity contribution in [3.63, 3.8) is 0 Å². The summed E-state index contributed by atoms with van der Waals surface area (Å²) in [6, 6.07) is 0. The Kier molecular flexibility index (Phi) is 60.8. The van der Waals surface area contributed by atoms with Crippen LogP contribution in [0.3, 0.4) is 0 Å². The van der Waals surface area contributed by atoms with Crippen molar-refractivity contribution < 1.29 is 0 Å². The summed E-state index contributed by atoms with van der Waals surface area (Å²) in [6.07, 6.45) is 11.2. The lowest BCUT2D eigenvalue weighted by Crippen LogP contribution is -1.33. The molecule has 0 saturated carbocycles. The molecule has 0 bridgehead atoms. The third-order valence-electron chi connectivity index (χ3n) is 0.657. The second-order valence-electron chi connectivity index (χ2n) is 1.52. The van der Waals surface area contributed by atoms with Gasteiger partial charge in [0, 0.05) is 0 Å². The van der Waals surface area contributed by atoms with Crippen LogP contribution in [0.2, 0.25) is 0 Å². The van der Waals surface area contributed by atoms with Crippen LogP contribution in [0.25, 0.3) is 0 Å². The highest BCUT2D eigenvalue weighted by atomic mass is 13.5. The van der Waals surface area contributed by atoms with Crippen LogP contribution in [0, 0.1) is 0 Å². The monoisotopic (exact) mass is 168 g/mol. The fraction of sp³-hybridized carbons (Fsp3) is 0.333. The maximum Gasteiger partial charge on any atom is -0.0467 e.